The van der Waals surface area contributed by atoms with Crippen LogP contribution in [0.2, 0.25) is 0 Å². The molecule has 0 aromatic carbocycles. The molecule has 0 radical (unpaired) electrons. The van der Waals surface area contributed by atoms with Crippen LogP contribution in [0.3, 0.4) is 0 Å². The van der Waals surface area contributed by atoms with Gasteiger partial charge in [-0.1, -0.05) is 12.2 Å². The van der Waals surface area contributed by atoms with Crippen molar-refractivity contribution in [2.75, 3.05) is 19.5 Å². The van der Waals surface area contributed by atoms with Crippen LogP contribution >= 0.6 is 37.0 Å². The maximum Gasteiger partial charge on any atom is 0.384 e. The Labute approximate surface area is 156 Å². The molecule has 0 bridgehead atoms. The molecule has 0 spiro atoms. The molecule has 11 nitrogen and oxygen atoms in total. The van der Waals surface area contributed by atoms with Gasteiger partial charge >= 0.3 is 12.5 Å². The molecule has 5 atom stereocenters. The molecule has 1 aliphatic heterocycles. The number of H-pyrrole nitrogens is 1. The molecule has 1 aliphatic rings. The normalized spacial score (nSPS) is 28.8. The molecular formula is C11H18N2O9P2S2. The van der Waals surface area contributed by atoms with Gasteiger partial charge in [0.1, 0.15) is 12.2 Å². The standard InChI is InChI=1S/C11H18N2O9P2S2/c1-20-9-8(22-23(2,16)25)6(5-26-24(17,18)19)21-10(9)13-4-3-7(14)12-11(13)15/h3-4,6,8-10H,5H2,1-2H3,(H,16,25)(H,12,14,15)(H2,17,18,19). The van der Waals surface area contributed by atoms with E-state index in [0.717, 1.165) is 10.6 Å². The maximum atomic E-state index is 12.0. The third kappa shape index (κ3) is 5.82. The molecule has 1 fully saturated rings. The Kier molecular flexibility index (Phi) is 7.03. The molecule has 2 rings (SSSR count). The highest BCUT2D eigenvalue weighted by molar-refractivity contribution is 8.54. The minimum atomic E-state index is -4.40. The van der Waals surface area contributed by atoms with E-state index in [4.69, 9.17) is 23.8 Å². The van der Waals surface area contributed by atoms with Crippen LogP contribution in [0.15, 0.2) is 21.9 Å². The molecule has 148 valence electrons. The molecular weight excluding hydrogens is 430 g/mol. The Morgan fingerprint density at radius 1 is 1.38 bits per heavy atom. The molecule has 15 heteroatoms. The number of rotatable bonds is 7. The molecule has 2 heterocycles. The minimum Gasteiger partial charge on any atom is -0.374 e. The molecule has 1 aromatic heterocycles. The van der Waals surface area contributed by atoms with Crippen LogP contribution in [0.5, 0.6) is 0 Å². The van der Waals surface area contributed by atoms with Crippen LogP contribution in [0.4, 0.5) is 0 Å². The van der Waals surface area contributed by atoms with Crippen LogP contribution in [0.25, 0.3) is 0 Å². The molecule has 0 aliphatic carbocycles. The highest BCUT2D eigenvalue weighted by atomic mass is 32.7. The van der Waals surface area contributed by atoms with E-state index < -0.39 is 49.2 Å². The summed E-state index contributed by atoms with van der Waals surface area (Å²) in [5, 5.41) is 0. The lowest BCUT2D eigenvalue weighted by Crippen LogP contribution is -2.39. The smallest absolute Gasteiger partial charge is 0.374 e. The van der Waals surface area contributed by atoms with Gasteiger partial charge in [0.05, 0.1) is 6.10 Å². The summed E-state index contributed by atoms with van der Waals surface area (Å²) in [6.45, 7) is -6.47. The fourth-order valence-corrected chi connectivity index (χ4v) is 5.13. The molecule has 5 unspecified atom stereocenters. The van der Waals surface area contributed by atoms with Gasteiger partial charge in [0.2, 0.25) is 0 Å². The van der Waals surface area contributed by atoms with E-state index in [1.54, 1.807) is 0 Å². The van der Waals surface area contributed by atoms with Crippen LogP contribution in [-0.2, 0) is 23.1 Å². The summed E-state index contributed by atoms with van der Waals surface area (Å²) < 4.78 is 40.6. The first kappa shape index (κ1) is 21.9. The van der Waals surface area contributed by atoms with Crippen molar-refractivity contribution in [2.24, 2.45) is 0 Å². The van der Waals surface area contributed by atoms with Gasteiger partial charge in [-0.05, 0) is 11.4 Å². The van der Waals surface area contributed by atoms with Gasteiger partial charge in [-0.15, -0.1) is 0 Å². The summed E-state index contributed by atoms with van der Waals surface area (Å²) in [5.74, 6) is -0.211. The topological polar surface area (TPSA) is 157 Å². The monoisotopic (exact) mass is 448 g/mol. The number of methoxy groups -OCH3 is 1. The van der Waals surface area contributed by atoms with Gasteiger partial charge in [-0.25, -0.2) is 9.36 Å². The van der Waals surface area contributed by atoms with Gasteiger partial charge in [0, 0.05) is 31.8 Å². The third-order valence-corrected chi connectivity index (χ3v) is 6.59. The highest BCUT2D eigenvalue weighted by Crippen LogP contribution is 2.55. The Hall–Kier alpha value is -0.360. The van der Waals surface area contributed by atoms with Crippen molar-refractivity contribution in [1.82, 2.24) is 9.55 Å². The van der Waals surface area contributed by atoms with E-state index in [2.05, 4.69) is 17.2 Å². The Morgan fingerprint density at radius 3 is 2.54 bits per heavy atom. The summed E-state index contributed by atoms with van der Waals surface area (Å²) in [6.07, 6.45) is -2.80. The summed E-state index contributed by atoms with van der Waals surface area (Å²) in [6, 6.07) is 1.11. The predicted octanol–water partition coefficient (Wildman–Crippen LogP) is 0.413. The van der Waals surface area contributed by atoms with Crippen LogP contribution in [0, 0.1) is 0 Å². The van der Waals surface area contributed by atoms with Gasteiger partial charge < -0.3 is 23.8 Å². The number of ether oxygens (including phenoxy) is 2. The molecule has 26 heavy (non-hydrogen) atoms. The van der Waals surface area contributed by atoms with E-state index in [1.165, 1.54) is 20.0 Å². The summed E-state index contributed by atoms with van der Waals surface area (Å²) in [4.78, 5) is 43.5. The average molecular weight is 448 g/mol. The third-order valence-electron chi connectivity index (χ3n) is 3.41. The average Bonchev–Trinajstić information content (AvgIpc) is 2.80. The number of nitrogens with one attached hydrogen (secondary N) is 1. The van der Waals surface area contributed by atoms with Crippen LogP contribution in [0.1, 0.15) is 6.23 Å². The minimum absolute atomic E-state index is 0.211. The first-order chi connectivity index (χ1) is 11.9. The quantitative estimate of drug-likeness (QED) is 0.340. The lowest BCUT2D eigenvalue weighted by molar-refractivity contribution is -0.0499. The zero-order valence-electron chi connectivity index (χ0n) is 13.6. The second-order valence-corrected chi connectivity index (χ2v) is 13.2. The zero-order chi connectivity index (χ0) is 19.7. The maximum absolute atomic E-state index is 12.0. The molecule has 0 amide bonds. The number of aromatic amines is 1. The van der Waals surface area contributed by atoms with E-state index in [1.807, 2.05) is 0 Å². The van der Waals surface area contributed by atoms with E-state index in [-0.39, 0.29) is 5.75 Å². The van der Waals surface area contributed by atoms with E-state index in [9.17, 15) is 18.7 Å². The number of nitrogens with zero attached hydrogens (tertiary/aromatic N) is 1. The summed E-state index contributed by atoms with van der Waals surface area (Å²) >= 11 is 4.19. The first-order valence-corrected chi connectivity index (χ1v) is 13.5. The van der Waals surface area contributed by atoms with Crippen molar-refractivity contribution in [1.29, 1.82) is 0 Å². The van der Waals surface area contributed by atoms with Crippen LogP contribution < -0.4 is 11.2 Å². The van der Waals surface area contributed by atoms with Crippen molar-refractivity contribution >= 4 is 37.0 Å². The van der Waals surface area contributed by atoms with Gasteiger partial charge in [-0.3, -0.25) is 18.9 Å². The second kappa shape index (κ2) is 8.34. The van der Waals surface area contributed by atoms with Gasteiger partial charge in [-0.2, -0.15) is 0 Å². The van der Waals surface area contributed by atoms with Gasteiger partial charge in [0.25, 0.3) is 12.1 Å². The Morgan fingerprint density at radius 2 is 2.04 bits per heavy atom. The predicted molar refractivity (Wildman–Crippen MR) is 97.9 cm³/mol. The molecule has 0 saturated carbocycles. The fourth-order valence-electron chi connectivity index (χ4n) is 2.47. The lowest BCUT2D eigenvalue weighted by Gasteiger charge is -2.24. The zero-order valence-corrected chi connectivity index (χ0v) is 17.1. The largest absolute Gasteiger partial charge is 0.384 e. The van der Waals surface area contributed by atoms with Crippen molar-refractivity contribution in [2.45, 2.75) is 24.5 Å². The number of hydrogen-bond donors (Lipinski definition) is 4. The van der Waals surface area contributed by atoms with Crippen molar-refractivity contribution in [3.63, 3.8) is 0 Å². The van der Waals surface area contributed by atoms with E-state index in [0.29, 0.717) is 11.4 Å². The second-order valence-electron chi connectivity index (χ2n) is 5.44. The Bertz CT molecular complexity index is 847. The van der Waals surface area contributed by atoms with Crippen molar-refractivity contribution in [3.8, 4) is 0 Å². The van der Waals surface area contributed by atoms with E-state index >= 15 is 0 Å². The highest BCUT2D eigenvalue weighted by Gasteiger charge is 2.49. The van der Waals surface area contributed by atoms with Gasteiger partial charge in [0.15, 0.2) is 6.23 Å². The number of hydrogen-bond acceptors (Lipinski definition) is 8. The fraction of sp³-hybridized carbons (Fsp3) is 0.636. The van der Waals surface area contributed by atoms with Crippen molar-refractivity contribution < 1.29 is 32.9 Å². The first-order valence-electron chi connectivity index (χ1n) is 7.10. The molecule has 1 saturated heterocycles. The molecule has 1 aromatic rings. The van der Waals surface area contributed by atoms with Crippen LogP contribution in [-0.4, -0.2) is 57.2 Å². The molecule has 3 N–H and O–H groups in total. The number of aromatic nitrogens is 2. The Balaban J connectivity index is 2.37. The number of thiol groups is 1. The summed E-state index contributed by atoms with van der Waals surface area (Å²) in [5.41, 5.74) is -1.37. The summed E-state index contributed by atoms with van der Waals surface area (Å²) in [7, 11) is 1.31. The lowest BCUT2D eigenvalue weighted by atomic mass is 10.1. The van der Waals surface area contributed by atoms with Crippen molar-refractivity contribution in [3.05, 3.63) is 33.1 Å². The SMILES string of the molecule is COC1C(OP(C)(=O)S)C(CSP(=O)(O)O)OC1n1ccc(=O)[nH]c1=O.